The first kappa shape index (κ1) is 70.7. The quantitative estimate of drug-likeness (QED) is 0.127. The van der Waals surface area contributed by atoms with E-state index in [0.717, 1.165) is 56.4 Å². The highest BCUT2D eigenvalue weighted by atomic mass is 32.1. The third-order valence-corrected chi connectivity index (χ3v) is 28.7. The van der Waals surface area contributed by atoms with Crippen molar-refractivity contribution in [1.82, 2.24) is 0 Å². The number of nitrogens with zero attached hydrogens (tertiary/aromatic N) is 2. The van der Waals surface area contributed by atoms with E-state index in [1.807, 2.05) is 11.3 Å². The van der Waals surface area contributed by atoms with Gasteiger partial charge in [0.05, 0.1) is 16.5 Å². The minimum Gasteiger partial charge on any atom is -0.310 e. The Labute approximate surface area is 710 Å². The van der Waals surface area contributed by atoms with Crippen LogP contribution >= 0.6 is 11.3 Å². The zero-order chi connectivity index (χ0) is 80.5. The molecule has 19 aromatic carbocycles. The number of hydrogen-bond donors (Lipinski definition) is 0. The molecule has 0 aliphatic heterocycles. The number of hydrogen-bond acceptors (Lipinski definition) is 3. The van der Waals surface area contributed by atoms with Crippen LogP contribution in [0.3, 0.4) is 0 Å². The van der Waals surface area contributed by atoms with E-state index >= 15 is 0 Å². The van der Waals surface area contributed by atoms with Gasteiger partial charge in [0.2, 0.25) is 0 Å². The molecular formula is C118H82N2S. The summed E-state index contributed by atoms with van der Waals surface area (Å²) in [6.07, 6.45) is 0. The molecule has 2 spiro atoms. The standard InChI is InChI=1S/C118H82N2S/c1-115(2)103-52-19-21-54-105(103)117(99-48-15-10-38-94(99)95-39-11-16-49-100(95)117)107-67-61-80(71-109(107)115)78-31-24-35-86(69-78)119(84-63-57-76(58-64-84)89-43-26-30-75-29-8-9-37-88(75)89)85-65-59-77(60-66-85)90-44-27-47-93-91(45-28-46-92(90)93)82-73-111(114-98-42-14-23-56-112(98)121-113(114)74-82)120(83-33-6-5-7-34-83)87-36-25-32-79(70-87)81-62-68-108-110(72-81)116(3,4)104-53-20-22-55-106(104)118(108)101-50-17-12-40-96(101)97-41-13-18-51-102(97)118/h5-74H,1-4H3. The molecule has 3 heteroatoms. The normalized spacial score (nSPS) is 14.2. The molecule has 2 nitrogen and oxygen atoms in total. The average Bonchev–Trinajstić information content (AvgIpc) is 1.56. The van der Waals surface area contributed by atoms with Crippen LogP contribution in [0.2, 0.25) is 0 Å². The Morgan fingerprint density at radius 1 is 0.190 bits per heavy atom. The van der Waals surface area contributed by atoms with Crippen LogP contribution in [0, 0.1) is 0 Å². The van der Waals surface area contributed by atoms with Gasteiger partial charge in [0.25, 0.3) is 0 Å². The summed E-state index contributed by atoms with van der Waals surface area (Å²) in [7, 11) is 0. The molecule has 20 aromatic rings. The molecule has 570 valence electrons. The van der Waals surface area contributed by atoms with Gasteiger partial charge in [0.15, 0.2) is 0 Å². The predicted octanol–water partition coefficient (Wildman–Crippen LogP) is 31.6. The van der Waals surface area contributed by atoms with E-state index in [1.165, 1.54) is 164 Å². The van der Waals surface area contributed by atoms with Crippen molar-refractivity contribution in [1.29, 1.82) is 0 Å². The molecule has 0 N–H and O–H groups in total. The molecule has 0 fully saturated rings. The fourth-order valence-electron chi connectivity index (χ4n) is 22.2. The zero-order valence-electron chi connectivity index (χ0n) is 67.7. The first-order valence-corrected chi connectivity index (χ1v) is 43.2. The summed E-state index contributed by atoms with van der Waals surface area (Å²) in [4.78, 5) is 4.96. The van der Waals surface area contributed by atoms with Gasteiger partial charge < -0.3 is 9.80 Å². The van der Waals surface area contributed by atoms with Crippen LogP contribution < -0.4 is 9.80 Å². The first-order valence-electron chi connectivity index (χ1n) is 42.4. The maximum absolute atomic E-state index is 2.52. The molecule has 0 radical (unpaired) electrons. The number of benzene rings is 19. The monoisotopic (exact) mass is 1560 g/mol. The van der Waals surface area contributed by atoms with E-state index in [1.54, 1.807) is 0 Å². The van der Waals surface area contributed by atoms with E-state index in [0.29, 0.717) is 0 Å². The maximum Gasteiger partial charge on any atom is 0.0719 e. The molecule has 0 bridgehead atoms. The molecule has 4 aliphatic rings. The highest BCUT2D eigenvalue weighted by molar-refractivity contribution is 7.26. The fraction of sp³-hybridized carbons (Fsp3) is 0.0678. The van der Waals surface area contributed by atoms with Gasteiger partial charge in [-0.25, -0.2) is 0 Å². The Hall–Kier alpha value is -14.5. The van der Waals surface area contributed by atoms with Crippen molar-refractivity contribution in [3.05, 3.63) is 491 Å². The molecule has 1 heterocycles. The minimum atomic E-state index is -0.466. The summed E-state index contributed by atoms with van der Waals surface area (Å²) in [5.74, 6) is 0. The van der Waals surface area contributed by atoms with Gasteiger partial charge >= 0.3 is 0 Å². The summed E-state index contributed by atoms with van der Waals surface area (Å²) in [6.45, 7) is 9.71. The molecular weight excluding hydrogens is 1480 g/mol. The average molecular weight is 1560 g/mol. The van der Waals surface area contributed by atoms with E-state index < -0.39 is 10.8 Å². The van der Waals surface area contributed by atoms with Gasteiger partial charge in [-0.2, -0.15) is 0 Å². The van der Waals surface area contributed by atoms with Crippen LogP contribution in [-0.2, 0) is 21.7 Å². The topological polar surface area (TPSA) is 6.48 Å². The van der Waals surface area contributed by atoms with Crippen LogP contribution in [0.1, 0.15) is 94.5 Å². The molecule has 121 heavy (non-hydrogen) atoms. The lowest BCUT2D eigenvalue weighted by molar-refractivity contribution is 0.563. The zero-order valence-corrected chi connectivity index (χ0v) is 68.5. The number of thiophene rings is 1. The number of para-hydroxylation sites is 1. The van der Waals surface area contributed by atoms with Crippen LogP contribution in [-0.4, -0.2) is 0 Å². The smallest absolute Gasteiger partial charge is 0.0719 e. The Morgan fingerprint density at radius 3 is 1.04 bits per heavy atom. The molecule has 0 amide bonds. The summed E-state index contributed by atoms with van der Waals surface area (Å²) in [5.41, 5.74) is 38.3. The minimum absolute atomic E-state index is 0.290. The number of anilines is 6. The predicted molar refractivity (Wildman–Crippen MR) is 510 cm³/mol. The van der Waals surface area contributed by atoms with Gasteiger partial charge in [0, 0.05) is 59.4 Å². The Morgan fingerprint density at radius 2 is 0.529 bits per heavy atom. The Kier molecular flexibility index (Phi) is 15.8. The highest BCUT2D eigenvalue weighted by Gasteiger charge is 2.55. The molecule has 0 saturated heterocycles. The number of fused-ring (bicyclic) bond motifs is 23. The van der Waals surface area contributed by atoms with Crippen molar-refractivity contribution in [3.63, 3.8) is 0 Å². The van der Waals surface area contributed by atoms with Gasteiger partial charge in [-0.3, -0.25) is 0 Å². The maximum atomic E-state index is 2.52. The van der Waals surface area contributed by atoms with Gasteiger partial charge in [0.1, 0.15) is 0 Å². The van der Waals surface area contributed by atoms with Crippen molar-refractivity contribution >= 4 is 87.2 Å². The third-order valence-electron chi connectivity index (χ3n) is 27.6. The van der Waals surface area contributed by atoms with Crippen LogP contribution in [0.4, 0.5) is 34.1 Å². The van der Waals surface area contributed by atoms with E-state index in [4.69, 9.17) is 0 Å². The van der Waals surface area contributed by atoms with Gasteiger partial charge in [-0.1, -0.05) is 361 Å². The highest BCUT2D eigenvalue weighted by Crippen LogP contribution is 2.65. The molecule has 0 unspecified atom stereocenters. The number of rotatable bonds is 11. The van der Waals surface area contributed by atoms with Crippen molar-refractivity contribution in [2.45, 2.75) is 49.4 Å². The first-order chi connectivity index (χ1) is 59.5. The fourth-order valence-corrected chi connectivity index (χ4v) is 23.4. The Balaban J connectivity index is 0.614. The van der Waals surface area contributed by atoms with Gasteiger partial charge in [-0.05, 0) is 257 Å². The van der Waals surface area contributed by atoms with Crippen LogP contribution in [0.5, 0.6) is 0 Å². The van der Waals surface area contributed by atoms with Crippen molar-refractivity contribution in [2.24, 2.45) is 0 Å². The van der Waals surface area contributed by atoms with Crippen molar-refractivity contribution in [2.75, 3.05) is 9.80 Å². The second kappa shape index (κ2) is 27.0. The van der Waals surface area contributed by atoms with E-state index in [-0.39, 0.29) is 10.8 Å². The lowest BCUT2D eigenvalue weighted by Gasteiger charge is -2.46. The Bertz CT molecular complexity index is 7570. The summed E-state index contributed by atoms with van der Waals surface area (Å²) >= 11 is 1.88. The van der Waals surface area contributed by atoms with Gasteiger partial charge in [-0.15, -0.1) is 11.3 Å². The summed E-state index contributed by atoms with van der Waals surface area (Å²) in [6, 6.07) is 161. The second-order valence-corrected chi connectivity index (χ2v) is 35.5. The van der Waals surface area contributed by atoms with Crippen LogP contribution in [0.25, 0.3) is 120 Å². The molecule has 0 saturated carbocycles. The van der Waals surface area contributed by atoms with E-state index in [2.05, 4.69) is 462 Å². The van der Waals surface area contributed by atoms with Crippen LogP contribution in [0.15, 0.2) is 425 Å². The largest absolute Gasteiger partial charge is 0.310 e. The third kappa shape index (κ3) is 10.4. The SMILES string of the molecule is CC1(C)c2ccccc2C2(c3ccccc3-c3ccccc32)c2ccc(-c3cccc(N(c4ccc(-c5cccc6ccccc56)cc4)c4ccc(-c5cccc6c(-c7cc(N(c8ccccc8)c8cccc(-c9ccc%10c(c9)C(C)(C)c9ccccc9C%109c%10ccccc%10-c%10ccccc%109)c8)c8c(c7)sc7ccccc78)cccc56)cc4)c3)cc21. The van der Waals surface area contributed by atoms with Crippen molar-refractivity contribution < 1.29 is 0 Å². The molecule has 0 atom stereocenters. The molecule has 1 aromatic heterocycles. The molecule has 4 aliphatic carbocycles. The lowest BCUT2D eigenvalue weighted by Crippen LogP contribution is -2.40. The summed E-state index contributed by atoms with van der Waals surface area (Å²) < 4.78 is 2.50. The second-order valence-electron chi connectivity index (χ2n) is 34.4. The lowest BCUT2D eigenvalue weighted by atomic mass is 9.55. The summed E-state index contributed by atoms with van der Waals surface area (Å²) in [5, 5.41) is 7.35. The van der Waals surface area contributed by atoms with Crippen molar-refractivity contribution in [3.8, 4) is 77.9 Å². The van der Waals surface area contributed by atoms with E-state index in [9.17, 15) is 0 Å². The molecule has 24 rings (SSSR count).